The predicted molar refractivity (Wildman–Crippen MR) is 89.8 cm³/mol. The maximum absolute atomic E-state index is 12.0. The van der Waals surface area contributed by atoms with Gasteiger partial charge >= 0.3 is 6.18 Å². The molecule has 25 heavy (non-hydrogen) atoms. The number of nitrogens with zero attached hydrogens (tertiary/aromatic N) is 2. The van der Waals surface area contributed by atoms with Gasteiger partial charge in [-0.1, -0.05) is 0 Å². The van der Waals surface area contributed by atoms with E-state index in [1.807, 2.05) is 6.92 Å². The molecule has 0 aromatic rings. The Morgan fingerprint density at radius 3 is 2.72 bits per heavy atom. The van der Waals surface area contributed by atoms with E-state index in [1.165, 1.54) is 0 Å². The molecule has 0 amide bonds. The van der Waals surface area contributed by atoms with Crippen LogP contribution in [0, 0.1) is 5.92 Å². The van der Waals surface area contributed by atoms with Crippen LogP contribution in [0.3, 0.4) is 0 Å². The summed E-state index contributed by atoms with van der Waals surface area (Å²) in [5.41, 5.74) is 0. The number of hydrogen-bond acceptors (Lipinski definition) is 4. The summed E-state index contributed by atoms with van der Waals surface area (Å²) in [6, 6.07) is 0. The molecule has 0 spiro atoms. The van der Waals surface area contributed by atoms with E-state index < -0.39 is 12.8 Å². The maximum Gasteiger partial charge on any atom is 0.411 e. The highest BCUT2D eigenvalue weighted by Crippen LogP contribution is 2.17. The van der Waals surface area contributed by atoms with E-state index in [4.69, 9.17) is 9.47 Å². The van der Waals surface area contributed by atoms with E-state index in [0.29, 0.717) is 38.7 Å². The molecule has 1 heterocycles. The molecule has 0 aromatic carbocycles. The molecule has 1 rings (SSSR count). The molecule has 0 aliphatic carbocycles. The average molecular weight is 369 g/mol. The Kier molecular flexibility index (Phi) is 10.8. The second-order valence-electron chi connectivity index (χ2n) is 5.93. The van der Waals surface area contributed by atoms with Gasteiger partial charge in [0.25, 0.3) is 0 Å². The number of halogens is 3. The van der Waals surface area contributed by atoms with Gasteiger partial charge in [0.15, 0.2) is 5.96 Å². The molecule has 1 aliphatic rings. The van der Waals surface area contributed by atoms with Crippen molar-refractivity contribution in [3.63, 3.8) is 0 Å². The summed E-state index contributed by atoms with van der Waals surface area (Å²) >= 11 is 0. The zero-order valence-electron chi connectivity index (χ0n) is 15.1. The standard InChI is InChI=1S/C16H30F3N3O3/c1-3-20-15(21-6-4-8-25-13-16(17,18)19)22-7-5-14(11-22)12-24-10-9-23-2/h14H,3-13H2,1-2H3,(H,20,21). The highest BCUT2D eigenvalue weighted by atomic mass is 19.4. The van der Waals surface area contributed by atoms with E-state index in [0.717, 1.165) is 32.0 Å². The number of likely N-dealkylation sites (tertiary alicyclic amines) is 1. The number of ether oxygens (including phenoxy) is 3. The first-order chi connectivity index (χ1) is 12.0. The van der Waals surface area contributed by atoms with Gasteiger partial charge in [0, 0.05) is 45.8 Å². The molecule has 148 valence electrons. The van der Waals surface area contributed by atoms with Crippen LogP contribution in [0.2, 0.25) is 0 Å². The van der Waals surface area contributed by atoms with Crippen LogP contribution in [0.4, 0.5) is 13.2 Å². The molecule has 0 saturated carbocycles. The minimum Gasteiger partial charge on any atom is -0.382 e. The highest BCUT2D eigenvalue weighted by Gasteiger charge is 2.27. The fraction of sp³-hybridized carbons (Fsp3) is 0.938. The molecule has 1 unspecified atom stereocenters. The Morgan fingerprint density at radius 1 is 1.24 bits per heavy atom. The summed E-state index contributed by atoms with van der Waals surface area (Å²) < 4.78 is 51.1. The Balaban J connectivity index is 2.28. The fourth-order valence-corrected chi connectivity index (χ4v) is 2.52. The first-order valence-corrected chi connectivity index (χ1v) is 8.70. The van der Waals surface area contributed by atoms with Crippen molar-refractivity contribution in [3.05, 3.63) is 0 Å². The molecule has 1 N–H and O–H groups in total. The van der Waals surface area contributed by atoms with Crippen molar-refractivity contribution in [2.75, 3.05) is 66.3 Å². The number of nitrogens with one attached hydrogen (secondary N) is 1. The van der Waals surface area contributed by atoms with Crippen LogP contribution in [0.5, 0.6) is 0 Å². The lowest BCUT2D eigenvalue weighted by molar-refractivity contribution is -0.173. The molecular weight excluding hydrogens is 339 g/mol. The van der Waals surface area contributed by atoms with Gasteiger partial charge in [0.2, 0.25) is 0 Å². The highest BCUT2D eigenvalue weighted by molar-refractivity contribution is 5.80. The lowest BCUT2D eigenvalue weighted by atomic mass is 10.1. The van der Waals surface area contributed by atoms with Gasteiger partial charge in [-0.05, 0) is 19.8 Å². The first kappa shape index (κ1) is 22.0. The van der Waals surface area contributed by atoms with Crippen molar-refractivity contribution < 1.29 is 27.4 Å². The molecule has 0 aromatic heterocycles. The quantitative estimate of drug-likeness (QED) is 0.343. The molecule has 1 aliphatic heterocycles. The van der Waals surface area contributed by atoms with Crippen molar-refractivity contribution in [1.29, 1.82) is 0 Å². The second-order valence-corrected chi connectivity index (χ2v) is 5.93. The van der Waals surface area contributed by atoms with E-state index in [-0.39, 0.29) is 6.61 Å². The molecule has 1 saturated heterocycles. The van der Waals surface area contributed by atoms with Gasteiger partial charge in [-0.25, -0.2) is 0 Å². The summed E-state index contributed by atoms with van der Waals surface area (Å²) in [5, 5.41) is 3.23. The first-order valence-electron chi connectivity index (χ1n) is 8.70. The third kappa shape index (κ3) is 10.5. The van der Waals surface area contributed by atoms with Crippen LogP contribution in [0.25, 0.3) is 0 Å². The van der Waals surface area contributed by atoms with Crippen LogP contribution in [-0.2, 0) is 14.2 Å². The minimum absolute atomic E-state index is 0.0539. The normalized spacial score (nSPS) is 18.8. The van der Waals surface area contributed by atoms with Gasteiger partial charge in [-0.2, -0.15) is 13.2 Å². The van der Waals surface area contributed by atoms with Crippen molar-refractivity contribution >= 4 is 5.96 Å². The molecule has 1 atom stereocenters. The van der Waals surface area contributed by atoms with E-state index >= 15 is 0 Å². The maximum atomic E-state index is 12.0. The monoisotopic (exact) mass is 369 g/mol. The van der Waals surface area contributed by atoms with Crippen molar-refractivity contribution in [2.45, 2.75) is 25.9 Å². The van der Waals surface area contributed by atoms with Crippen LogP contribution in [-0.4, -0.2) is 83.4 Å². The van der Waals surface area contributed by atoms with E-state index in [2.05, 4.69) is 19.9 Å². The Hall–Kier alpha value is -1.06. The molecular formula is C16H30F3N3O3. The zero-order valence-corrected chi connectivity index (χ0v) is 15.1. The lowest BCUT2D eigenvalue weighted by Crippen LogP contribution is -2.40. The number of hydrogen-bond donors (Lipinski definition) is 1. The van der Waals surface area contributed by atoms with Gasteiger partial charge in [-0.15, -0.1) is 0 Å². The van der Waals surface area contributed by atoms with Crippen LogP contribution in [0.1, 0.15) is 19.8 Å². The predicted octanol–water partition coefficient (Wildman–Crippen LogP) is 1.91. The Labute approximate surface area is 147 Å². The molecule has 0 bridgehead atoms. The second kappa shape index (κ2) is 12.3. The number of guanidine groups is 1. The van der Waals surface area contributed by atoms with Crippen molar-refractivity contribution in [3.8, 4) is 0 Å². The van der Waals surface area contributed by atoms with E-state index in [1.54, 1.807) is 7.11 Å². The largest absolute Gasteiger partial charge is 0.411 e. The molecule has 9 heteroatoms. The van der Waals surface area contributed by atoms with Crippen LogP contribution in [0.15, 0.2) is 4.99 Å². The number of methoxy groups -OCH3 is 1. The molecule has 6 nitrogen and oxygen atoms in total. The third-order valence-electron chi connectivity index (χ3n) is 3.68. The summed E-state index contributed by atoms with van der Waals surface area (Å²) in [4.78, 5) is 6.65. The van der Waals surface area contributed by atoms with Crippen molar-refractivity contribution in [1.82, 2.24) is 10.2 Å². The topological polar surface area (TPSA) is 55.3 Å². The Bertz CT molecular complexity index is 381. The average Bonchev–Trinajstić information content (AvgIpc) is 3.01. The SMILES string of the molecule is CCNC(=NCCCOCC(F)(F)F)N1CCC(COCCOC)C1. The van der Waals surface area contributed by atoms with Crippen molar-refractivity contribution in [2.24, 2.45) is 10.9 Å². The smallest absolute Gasteiger partial charge is 0.382 e. The molecule has 0 radical (unpaired) electrons. The Morgan fingerprint density at radius 2 is 2.04 bits per heavy atom. The van der Waals surface area contributed by atoms with Gasteiger partial charge in [0.05, 0.1) is 19.8 Å². The number of alkyl halides is 3. The third-order valence-corrected chi connectivity index (χ3v) is 3.68. The zero-order chi connectivity index (χ0) is 18.5. The minimum atomic E-state index is -4.27. The van der Waals surface area contributed by atoms with E-state index in [9.17, 15) is 13.2 Å². The summed E-state index contributed by atoms with van der Waals surface area (Å²) in [6.45, 7) is 5.68. The van der Waals surface area contributed by atoms with Gasteiger partial charge in [-0.3, -0.25) is 4.99 Å². The fourth-order valence-electron chi connectivity index (χ4n) is 2.52. The van der Waals surface area contributed by atoms with Crippen LogP contribution < -0.4 is 5.32 Å². The molecule has 1 fully saturated rings. The summed E-state index contributed by atoms with van der Waals surface area (Å²) in [6.07, 6.45) is -2.78. The van der Waals surface area contributed by atoms with Crippen LogP contribution >= 0.6 is 0 Å². The van der Waals surface area contributed by atoms with Gasteiger partial charge in [0.1, 0.15) is 6.61 Å². The summed E-state index contributed by atoms with van der Waals surface area (Å²) in [7, 11) is 1.65. The summed E-state index contributed by atoms with van der Waals surface area (Å²) in [5.74, 6) is 1.26. The number of aliphatic imine (C=N–C) groups is 1. The van der Waals surface area contributed by atoms with Gasteiger partial charge < -0.3 is 24.4 Å². The number of rotatable bonds is 11. The lowest BCUT2D eigenvalue weighted by Gasteiger charge is -2.21.